The van der Waals surface area contributed by atoms with E-state index in [1.54, 1.807) is 12.4 Å². The minimum Gasteiger partial charge on any atom is -0.378 e. The van der Waals surface area contributed by atoms with Crippen molar-refractivity contribution in [3.05, 3.63) is 61.9 Å². The van der Waals surface area contributed by atoms with Crippen LogP contribution in [-0.4, -0.2) is 116 Å². The van der Waals surface area contributed by atoms with Crippen LogP contribution in [0.2, 0.25) is 15.7 Å². The highest BCUT2D eigenvalue weighted by Gasteiger charge is 2.42. The largest absolute Gasteiger partial charge is 0.378 e. The van der Waals surface area contributed by atoms with Crippen molar-refractivity contribution < 1.29 is 28.4 Å². The Bertz CT molecular complexity index is 2450. The summed E-state index contributed by atoms with van der Waals surface area (Å²) in [4.78, 5) is 39.3. The van der Waals surface area contributed by atoms with Crippen molar-refractivity contribution in [2.45, 2.75) is 153 Å². The fourth-order valence-corrected chi connectivity index (χ4v) is 11.0. The Labute approximate surface area is 405 Å². The average Bonchev–Trinajstić information content (AvgIpc) is 4.14. The van der Waals surface area contributed by atoms with Crippen LogP contribution in [0.3, 0.4) is 0 Å². The molecule has 0 saturated carbocycles. The van der Waals surface area contributed by atoms with Crippen molar-refractivity contribution in [2.24, 2.45) is 0 Å². The molecule has 0 radical (unpaired) electrons. The summed E-state index contributed by atoms with van der Waals surface area (Å²) in [6.45, 7) is 18.9. The number of nitrogens with two attached hydrogens (primary N) is 1. The lowest BCUT2D eigenvalue weighted by molar-refractivity contribution is -0.0103. The molecule has 0 aliphatic carbocycles. The van der Waals surface area contributed by atoms with Gasteiger partial charge < -0.3 is 49.3 Å². The summed E-state index contributed by atoms with van der Waals surface area (Å²) in [5.74, 6) is 2.73. The standard InChI is InChI=1S/C18H22N6O2.C14H18ClN3O2.C8H8Cl2N2O.C6H11NO/c1-18(2)14-13(9-25-18)16(24-7-11-3-4-12(8-24)26-11)23-15(22-14)10-5-20-17(19)21-6-10;1-14(2)11-10(7-19-14)12(17-13(15)16-11)18-5-8-3-4-9(6-18)20-8;1-8(2)5-4(3-13-8)6(9)12-7(10)11-5;1-2-6-4-8-3-5(1)7-6/h5-6,11-12H,3-4,7-9H2,1-2H3,(H2,19,20,21);8-9H,3-7H2,1-2H3;3H2,1-2H3;5-7H,1-4H2. The molecule has 6 saturated heterocycles. The van der Waals surface area contributed by atoms with E-state index in [0.717, 1.165) is 116 Å². The quantitative estimate of drug-likeness (QED) is 0.164. The highest BCUT2D eigenvalue weighted by molar-refractivity contribution is 6.32. The second-order valence-corrected chi connectivity index (χ2v) is 21.1. The van der Waals surface area contributed by atoms with E-state index >= 15 is 0 Å². The molecule has 67 heavy (non-hydrogen) atoms. The number of hydrogen-bond acceptors (Lipinski definition) is 18. The van der Waals surface area contributed by atoms with E-state index in [-0.39, 0.29) is 29.0 Å². The van der Waals surface area contributed by atoms with Gasteiger partial charge in [0.15, 0.2) is 5.82 Å². The fourth-order valence-electron chi connectivity index (χ4n) is 10.4. The van der Waals surface area contributed by atoms with Crippen LogP contribution in [0.5, 0.6) is 0 Å². The normalized spacial score (nSPS) is 28.3. The molecular weight excluding hydrogens is 923 g/mol. The molecule has 13 heterocycles. The number of anilines is 3. The Kier molecular flexibility index (Phi) is 13.0. The van der Waals surface area contributed by atoms with Gasteiger partial charge in [-0.05, 0) is 103 Å². The van der Waals surface area contributed by atoms with Gasteiger partial charge in [0, 0.05) is 67.3 Å². The number of fused-ring (bicyclic) bond motifs is 9. The first kappa shape index (κ1) is 47.0. The van der Waals surface area contributed by atoms with E-state index in [9.17, 15) is 0 Å². The van der Waals surface area contributed by atoms with Crippen LogP contribution >= 0.6 is 34.8 Å². The van der Waals surface area contributed by atoms with Crippen LogP contribution in [-0.2, 0) is 65.0 Å². The number of hydrogen-bond donors (Lipinski definition) is 2. The van der Waals surface area contributed by atoms with E-state index in [4.69, 9.17) is 78.9 Å². The second-order valence-electron chi connectivity index (χ2n) is 20.1. The summed E-state index contributed by atoms with van der Waals surface area (Å²) in [5.41, 5.74) is 10.8. The highest BCUT2D eigenvalue weighted by Crippen LogP contribution is 2.43. The van der Waals surface area contributed by atoms with Crippen LogP contribution in [0.15, 0.2) is 12.4 Å². The maximum atomic E-state index is 6.13. The number of morpholine rings is 3. The topological polar surface area (TPSA) is 203 Å². The zero-order valence-corrected chi connectivity index (χ0v) is 41.1. The van der Waals surface area contributed by atoms with Crippen LogP contribution in [0.4, 0.5) is 17.6 Å². The predicted molar refractivity (Wildman–Crippen MR) is 251 cm³/mol. The molecule has 13 rings (SSSR count). The van der Waals surface area contributed by atoms with Gasteiger partial charge in [-0.25, -0.2) is 39.9 Å². The number of aromatic nitrogens is 8. The Balaban J connectivity index is 0.000000113. The Morgan fingerprint density at radius 3 is 1.49 bits per heavy atom. The molecule has 6 bridgehead atoms. The van der Waals surface area contributed by atoms with Crippen molar-refractivity contribution in [1.82, 2.24) is 45.2 Å². The molecule has 4 aromatic rings. The molecule has 9 aliphatic heterocycles. The second kappa shape index (κ2) is 18.6. The minimum atomic E-state index is -0.443. The zero-order valence-electron chi connectivity index (χ0n) is 38.9. The van der Waals surface area contributed by atoms with Crippen LogP contribution in [0.1, 0.15) is 114 Å². The summed E-state index contributed by atoms with van der Waals surface area (Å²) >= 11 is 17.7. The molecule has 3 N–H and O–H groups in total. The molecule has 6 fully saturated rings. The minimum absolute atomic E-state index is 0.169. The molecule has 9 aliphatic rings. The molecule has 0 amide bonds. The van der Waals surface area contributed by atoms with Crippen LogP contribution in [0.25, 0.3) is 11.4 Å². The molecule has 360 valence electrons. The third-order valence-electron chi connectivity index (χ3n) is 13.9. The summed E-state index contributed by atoms with van der Waals surface area (Å²) in [7, 11) is 0. The predicted octanol–water partition coefficient (Wildman–Crippen LogP) is 6.60. The van der Waals surface area contributed by atoms with Gasteiger partial charge in [0.1, 0.15) is 33.6 Å². The van der Waals surface area contributed by atoms with Gasteiger partial charge in [-0.3, -0.25) is 0 Å². The maximum absolute atomic E-state index is 6.13. The summed E-state index contributed by atoms with van der Waals surface area (Å²) in [6.07, 6.45) is 11.7. The molecule has 21 heteroatoms. The first-order chi connectivity index (χ1) is 32.0. The van der Waals surface area contributed by atoms with Gasteiger partial charge >= 0.3 is 0 Å². The van der Waals surface area contributed by atoms with E-state index in [1.165, 1.54) is 12.8 Å². The summed E-state index contributed by atoms with van der Waals surface area (Å²) < 4.78 is 34.5. The number of halogens is 3. The number of nitrogen functional groups attached to an aromatic ring is 1. The molecule has 18 nitrogen and oxygen atoms in total. The first-order valence-electron chi connectivity index (χ1n) is 23.3. The van der Waals surface area contributed by atoms with E-state index in [2.05, 4.69) is 45.0 Å². The van der Waals surface area contributed by atoms with Crippen molar-refractivity contribution in [2.75, 3.05) is 54.9 Å². The van der Waals surface area contributed by atoms with E-state index in [1.807, 2.05) is 41.5 Å². The van der Waals surface area contributed by atoms with Crippen molar-refractivity contribution >= 4 is 52.4 Å². The Morgan fingerprint density at radius 2 is 1.00 bits per heavy atom. The Morgan fingerprint density at radius 1 is 0.567 bits per heavy atom. The third kappa shape index (κ3) is 9.90. The van der Waals surface area contributed by atoms with Crippen molar-refractivity contribution in [1.29, 1.82) is 0 Å². The molecule has 6 atom stereocenters. The maximum Gasteiger partial charge on any atom is 0.224 e. The van der Waals surface area contributed by atoms with E-state index < -0.39 is 11.2 Å². The number of rotatable bonds is 3. The van der Waals surface area contributed by atoms with Crippen LogP contribution < -0.4 is 20.9 Å². The summed E-state index contributed by atoms with van der Waals surface area (Å²) in [5, 5.41) is 4.33. The highest BCUT2D eigenvalue weighted by atomic mass is 35.5. The van der Waals surface area contributed by atoms with Crippen molar-refractivity contribution in [3.63, 3.8) is 0 Å². The van der Waals surface area contributed by atoms with E-state index in [0.29, 0.717) is 60.4 Å². The SMILES string of the molecule is C1CC2COCC1N2.CC1(C)OCc2c(Cl)nc(Cl)nc21.CC1(C)OCc2c(N3CC4CCC(C3)O4)nc(-c3cnc(N)nc3)nc21.CC1(C)OCc2c(N3CC4CCC(C3)O4)nc(Cl)nc21. The first-order valence-corrected chi connectivity index (χ1v) is 24.5. The Hall–Kier alpha value is -3.69. The molecule has 0 spiro atoms. The lowest BCUT2D eigenvalue weighted by Crippen LogP contribution is -2.43. The van der Waals surface area contributed by atoms with Gasteiger partial charge in [-0.1, -0.05) is 11.6 Å². The molecule has 0 aromatic carbocycles. The monoisotopic (exact) mass is 980 g/mol. The van der Waals surface area contributed by atoms with Crippen molar-refractivity contribution in [3.8, 4) is 11.4 Å². The zero-order chi connectivity index (χ0) is 46.8. The van der Waals surface area contributed by atoms with Gasteiger partial charge in [0.05, 0.1) is 80.1 Å². The number of nitrogens with zero attached hydrogens (tertiary/aromatic N) is 10. The lowest BCUT2D eigenvalue weighted by atomic mass is 10.0. The molecular formula is C46H59Cl3N12O6. The van der Waals surface area contributed by atoms with Gasteiger partial charge in [-0.15, -0.1) is 0 Å². The average molecular weight is 982 g/mol. The van der Waals surface area contributed by atoms with Gasteiger partial charge in [0.2, 0.25) is 16.5 Å². The number of ether oxygens (including phenoxy) is 6. The van der Waals surface area contributed by atoms with Gasteiger partial charge in [-0.2, -0.15) is 0 Å². The third-order valence-corrected chi connectivity index (χ3v) is 14.6. The lowest BCUT2D eigenvalue weighted by Gasteiger charge is -2.34. The number of nitrogens with one attached hydrogen (secondary N) is 1. The fraction of sp³-hybridized carbons (Fsp3) is 0.652. The van der Waals surface area contributed by atoms with Crippen LogP contribution in [0, 0.1) is 0 Å². The van der Waals surface area contributed by atoms with Gasteiger partial charge in [0.25, 0.3) is 0 Å². The smallest absolute Gasteiger partial charge is 0.224 e. The summed E-state index contributed by atoms with van der Waals surface area (Å²) in [6, 6.07) is 1.38. The molecule has 4 aromatic heterocycles. The molecule has 6 unspecified atom stereocenters.